The first-order chi connectivity index (χ1) is 13.6. The van der Waals surface area contributed by atoms with Crippen molar-refractivity contribution >= 4 is 17.0 Å². The molecule has 1 unspecified atom stereocenters. The number of nitrogens with zero attached hydrogens (tertiary/aromatic N) is 2. The number of pyridine rings is 1. The number of aromatic amines is 1. The Hall–Kier alpha value is -3.67. The van der Waals surface area contributed by atoms with Gasteiger partial charge in [0.05, 0.1) is 11.6 Å². The number of oxazole rings is 1. The maximum atomic E-state index is 13.0. The molecule has 6 nitrogen and oxygen atoms in total. The van der Waals surface area contributed by atoms with Crippen molar-refractivity contribution in [2.45, 2.75) is 19.5 Å². The standard InChI is InChI=1S/C22H17N3O3/c1-13-18-10-15(16-3-2-8-23-11-16)5-6-17(18)21(26)25(13)12-14-4-7-19-20(9-14)28-22(27)24-19/h2-11,13H,12H2,1H3,(H,24,27). The molecule has 1 atom stereocenters. The average molecular weight is 371 g/mol. The van der Waals surface area contributed by atoms with E-state index in [0.29, 0.717) is 17.6 Å². The molecule has 6 heteroatoms. The molecule has 5 rings (SSSR count). The van der Waals surface area contributed by atoms with Crippen molar-refractivity contribution in [2.75, 3.05) is 0 Å². The number of amides is 1. The Balaban J connectivity index is 1.47. The van der Waals surface area contributed by atoms with Crippen LogP contribution in [0.4, 0.5) is 0 Å². The first-order valence-corrected chi connectivity index (χ1v) is 9.07. The third-order valence-electron chi connectivity index (χ3n) is 5.29. The van der Waals surface area contributed by atoms with E-state index in [9.17, 15) is 9.59 Å². The Kier molecular flexibility index (Phi) is 3.65. The van der Waals surface area contributed by atoms with Gasteiger partial charge in [-0.15, -0.1) is 0 Å². The van der Waals surface area contributed by atoms with E-state index in [1.165, 1.54) is 0 Å². The van der Waals surface area contributed by atoms with E-state index in [-0.39, 0.29) is 11.9 Å². The summed E-state index contributed by atoms with van der Waals surface area (Å²) in [5, 5.41) is 0. The van der Waals surface area contributed by atoms with Gasteiger partial charge in [-0.2, -0.15) is 0 Å². The van der Waals surface area contributed by atoms with E-state index < -0.39 is 5.76 Å². The van der Waals surface area contributed by atoms with Crippen LogP contribution in [0, 0.1) is 0 Å². The molecular formula is C22H17N3O3. The van der Waals surface area contributed by atoms with Crippen LogP contribution in [0.2, 0.25) is 0 Å². The van der Waals surface area contributed by atoms with Gasteiger partial charge in [0.1, 0.15) is 0 Å². The van der Waals surface area contributed by atoms with E-state index >= 15 is 0 Å². The van der Waals surface area contributed by atoms with Crippen LogP contribution < -0.4 is 5.76 Å². The second-order valence-corrected chi connectivity index (χ2v) is 7.00. The lowest BCUT2D eigenvalue weighted by Crippen LogP contribution is -2.26. The van der Waals surface area contributed by atoms with Crippen LogP contribution in [0.15, 0.2) is 70.1 Å². The van der Waals surface area contributed by atoms with Gasteiger partial charge in [0.25, 0.3) is 5.91 Å². The number of H-pyrrole nitrogens is 1. The second-order valence-electron chi connectivity index (χ2n) is 7.00. The molecule has 1 amide bonds. The van der Waals surface area contributed by atoms with Crippen LogP contribution in [0.5, 0.6) is 0 Å². The Morgan fingerprint density at radius 1 is 1.11 bits per heavy atom. The minimum absolute atomic E-state index is 0.0101. The Labute approximate surface area is 160 Å². The van der Waals surface area contributed by atoms with E-state index in [1.807, 2.05) is 48.4 Å². The van der Waals surface area contributed by atoms with Gasteiger partial charge in [0, 0.05) is 24.5 Å². The molecule has 1 N–H and O–H groups in total. The maximum Gasteiger partial charge on any atom is 0.417 e. The van der Waals surface area contributed by atoms with Gasteiger partial charge >= 0.3 is 5.76 Å². The number of nitrogens with one attached hydrogen (secondary N) is 1. The monoisotopic (exact) mass is 371 g/mol. The van der Waals surface area contributed by atoms with Crippen LogP contribution in [0.1, 0.15) is 34.5 Å². The zero-order valence-electron chi connectivity index (χ0n) is 15.2. The zero-order valence-corrected chi connectivity index (χ0v) is 15.2. The van der Waals surface area contributed by atoms with Crippen LogP contribution >= 0.6 is 0 Å². The molecule has 0 aliphatic carbocycles. The molecule has 3 heterocycles. The number of rotatable bonds is 3. The molecule has 28 heavy (non-hydrogen) atoms. The molecule has 0 saturated heterocycles. The summed E-state index contributed by atoms with van der Waals surface area (Å²) in [5.41, 5.74) is 5.88. The van der Waals surface area contributed by atoms with Gasteiger partial charge < -0.3 is 9.32 Å². The first kappa shape index (κ1) is 16.5. The number of fused-ring (bicyclic) bond motifs is 2. The molecule has 2 aromatic heterocycles. The molecule has 0 spiro atoms. The molecule has 1 aliphatic rings. The zero-order chi connectivity index (χ0) is 19.3. The van der Waals surface area contributed by atoms with E-state index in [0.717, 1.165) is 27.8 Å². The van der Waals surface area contributed by atoms with Crippen LogP contribution in [0.3, 0.4) is 0 Å². The lowest BCUT2D eigenvalue weighted by Gasteiger charge is -2.22. The maximum absolute atomic E-state index is 13.0. The Bertz CT molecular complexity index is 1260. The fourth-order valence-corrected chi connectivity index (χ4v) is 3.81. The summed E-state index contributed by atoms with van der Waals surface area (Å²) >= 11 is 0. The minimum Gasteiger partial charge on any atom is -0.408 e. The van der Waals surface area contributed by atoms with Gasteiger partial charge in [-0.05, 0) is 59.5 Å². The third kappa shape index (κ3) is 2.62. The highest BCUT2D eigenvalue weighted by Gasteiger charge is 2.34. The fraction of sp³-hybridized carbons (Fsp3) is 0.136. The predicted octanol–water partition coefficient (Wildman–Crippen LogP) is 3.90. The fourth-order valence-electron chi connectivity index (χ4n) is 3.81. The number of carbonyl (C=O) groups excluding carboxylic acids is 1. The molecule has 0 saturated carbocycles. The number of benzene rings is 2. The predicted molar refractivity (Wildman–Crippen MR) is 105 cm³/mol. The number of hydrogen-bond donors (Lipinski definition) is 1. The van der Waals surface area contributed by atoms with Crippen molar-refractivity contribution in [3.05, 3.63) is 88.2 Å². The van der Waals surface area contributed by atoms with Gasteiger partial charge in [-0.1, -0.05) is 18.2 Å². The van der Waals surface area contributed by atoms with E-state index in [2.05, 4.69) is 16.0 Å². The Morgan fingerprint density at radius 2 is 2.00 bits per heavy atom. The summed E-state index contributed by atoms with van der Waals surface area (Å²) in [6.45, 7) is 2.48. The van der Waals surface area contributed by atoms with Gasteiger partial charge in [-0.3, -0.25) is 14.8 Å². The summed E-state index contributed by atoms with van der Waals surface area (Å²) in [7, 11) is 0. The normalized spacial score (nSPS) is 16.0. The van der Waals surface area contributed by atoms with E-state index in [4.69, 9.17) is 4.42 Å². The number of hydrogen-bond acceptors (Lipinski definition) is 4. The molecule has 1 aliphatic heterocycles. The van der Waals surface area contributed by atoms with E-state index in [1.54, 1.807) is 18.3 Å². The highest BCUT2D eigenvalue weighted by Crippen LogP contribution is 2.37. The number of carbonyl (C=O) groups is 1. The highest BCUT2D eigenvalue weighted by atomic mass is 16.4. The third-order valence-corrected chi connectivity index (χ3v) is 5.29. The van der Waals surface area contributed by atoms with Crippen molar-refractivity contribution < 1.29 is 9.21 Å². The van der Waals surface area contributed by atoms with Crippen molar-refractivity contribution in [1.29, 1.82) is 0 Å². The largest absolute Gasteiger partial charge is 0.417 e. The topological polar surface area (TPSA) is 79.2 Å². The van der Waals surface area contributed by atoms with Gasteiger partial charge in [0.2, 0.25) is 0 Å². The quantitative estimate of drug-likeness (QED) is 0.592. The highest BCUT2D eigenvalue weighted by molar-refractivity contribution is 5.99. The molecule has 0 fully saturated rings. The van der Waals surface area contributed by atoms with Crippen LogP contribution in [0.25, 0.3) is 22.2 Å². The van der Waals surface area contributed by atoms with Crippen molar-refractivity contribution in [2.24, 2.45) is 0 Å². The Morgan fingerprint density at radius 3 is 2.82 bits per heavy atom. The number of aromatic nitrogens is 2. The lowest BCUT2D eigenvalue weighted by molar-refractivity contribution is 0.0723. The molecular weight excluding hydrogens is 354 g/mol. The molecule has 4 aromatic rings. The van der Waals surface area contributed by atoms with Crippen LogP contribution in [-0.4, -0.2) is 20.8 Å². The van der Waals surface area contributed by atoms with Crippen molar-refractivity contribution in [3.63, 3.8) is 0 Å². The molecule has 2 aromatic carbocycles. The smallest absolute Gasteiger partial charge is 0.408 e. The summed E-state index contributed by atoms with van der Waals surface area (Å²) < 4.78 is 5.13. The summed E-state index contributed by atoms with van der Waals surface area (Å²) in [6, 6.07) is 15.3. The lowest BCUT2D eigenvalue weighted by atomic mass is 9.99. The summed E-state index contributed by atoms with van der Waals surface area (Å²) in [5.74, 6) is -0.469. The summed E-state index contributed by atoms with van der Waals surface area (Å²) in [6.07, 6.45) is 3.56. The second kappa shape index (κ2) is 6.20. The first-order valence-electron chi connectivity index (χ1n) is 9.07. The van der Waals surface area contributed by atoms with Crippen LogP contribution in [-0.2, 0) is 6.54 Å². The van der Waals surface area contributed by atoms with Crippen molar-refractivity contribution in [1.82, 2.24) is 14.9 Å². The molecule has 0 radical (unpaired) electrons. The molecule has 138 valence electrons. The van der Waals surface area contributed by atoms with Crippen molar-refractivity contribution in [3.8, 4) is 11.1 Å². The minimum atomic E-state index is -0.479. The average Bonchev–Trinajstić information content (AvgIpc) is 3.20. The molecule has 0 bridgehead atoms. The summed E-state index contributed by atoms with van der Waals surface area (Å²) in [4.78, 5) is 33.0. The SMILES string of the molecule is CC1c2cc(-c3cccnc3)ccc2C(=O)N1Cc1ccc2[nH]c(=O)oc2c1. The van der Waals surface area contributed by atoms with Gasteiger partial charge in [-0.25, -0.2) is 4.79 Å². The van der Waals surface area contributed by atoms with Gasteiger partial charge in [0.15, 0.2) is 5.58 Å².